The van der Waals surface area contributed by atoms with E-state index in [1.165, 1.54) is 4.90 Å². The third-order valence-electron chi connectivity index (χ3n) is 1.69. The van der Waals surface area contributed by atoms with E-state index in [0.29, 0.717) is 0 Å². The molecule has 1 aromatic rings. The Kier molecular flexibility index (Phi) is 4.65. The first-order valence-corrected chi connectivity index (χ1v) is 5.29. The summed E-state index contributed by atoms with van der Waals surface area (Å²) in [6.45, 7) is 2.15. The van der Waals surface area contributed by atoms with E-state index in [9.17, 15) is 0 Å². The molecule has 0 aliphatic carbocycles. The van der Waals surface area contributed by atoms with Gasteiger partial charge in [-0.05, 0) is 24.6 Å². The van der Waals surface area contributed by atoms with Gasteiger partial charge in [-0.2, -0.15) is 0 Å². The molecule has 0 radical (unpaired) electrons. The molecule has 0 fully saturated rings. The minimum atomic E-state index is 0.125. The van der Waals surface area contributed by atoms with Crippen LogP contribution in [-0.2, 0) is 6.61 Å². The van der Waals surface area contributed by atoms with Crippen molar-refractivity contribution in [3.63, 3.8) is 0 Å². The fourth-order valence-corrected chi connectivity index (χ4v) is 1.74. The third-order valence-corrected chi connectivity index (χ3v) is 2.65. The lowest BCUT2D eigenvalue weighted by Crippen LogP contribution is -1.81. The van der Waals surface area contributed by atoms with Crippen LogP contribution in [0.15, 0.2) is 41.3 Å². The highest BCUT2D eigenvalue weighted by Crippen LogP contribution is 2.18. The van der Waals surface area contributed by atoms with Gasteiger partial charge in [-0.25, -0.2) is 0 Å². The second kappa shape index (κ2) is 5.84. The van der Waals surface area contributed by atoms with Gasteiger partial charge in [-0.1, -0.05) is 24.3 Å². The molecule has 0 unspecified atom stereocenters. The van der Waals surface area contributed by atoms with Gasteiger partial charge in [0.15, 0.2) is 0 Å². The summed E-state index contributed by atoms with van der Waals surface area (Å²) in [5.41, 5.74) is 0.968. The first-order chi connectivity index (χ1) is 6.36. The van der Waals surface area contributed by atoms with Crippen LogP contribution in [-0.4, -0.2) is 10.9 Å². The van der Waals surface area contributed by atoms with E-state index in [4.69, 9.17) is 5.11 Å². The molecule has 1 aromatic carbocycles. The molecule has 13 heavy (non-hydrogen) atoms. The van der Waals surface area contributed by atoms with Gasteiger partial charge in [0, 0.05) is 10.6 Å². The Morgan fingerprint density at radius 3 is 2.54 bits per heavy atom. The maximum atomic E-state index is 8.82. The van der Waals surface area contributed by atoms with Crippen LogP contribution in [0.25, 0.3) is 0 Å². The average molecular weight is 194 g/mol. The second-order valence-corrected chi connectivity index (χ2v) is 3.78. The first-order valence-electron chi connectivity index (χ1n) is 4.30. The van der Waals surface area contributed by atoms with Crippen molar-refractivity contribution in [1.29, 1.82) is 0 Å². The maximum absolute atomic E-state index is 8.82. The highest BCUT2D eigenvalue weighted by molar-refractivity contribution is 7.99. The van der Waals surface area contributed by atoms with Crippen LogP contribution in [0.1, 0.15) is 12.5 Å². The van der Waals surface area contributed by atoms with Crippen molar-refractivity contribution in [3.05, 3.63) is 42.0 Å². The van der Waals surface area contributed by atoms with Crippen LogP contribution >= 0.6 is 11.8 Å². The Morgan fingerprint density at radius 2 is 2.00 bits per heavy atom. The number of rotatable bonds is 4. The molecule has 0 heterocycles. The molecule has 1 nitrogen and oxygen atoms in total. The summed E-state index contributed by atoms with van der Waals surface area (Å²) in [6, 6.07) is 8.00. The summed E-state index contributed by atoms with van der Waals surface area (Å²) in [6.07, 6.45) is 4.18. The first kappa shape index (κ1) is 10.4. The molecule has 0 spiro atoms. The molecule has 0 bridgehead atoms. The van der Waals surface area contributed by atoms with Gasteiger partial charge in [0.1, 0.15) is 0 Å². The number of aliphatic hydroxyl groups is 1. The Morgan fingerprint density at radius 1 is 1.31 bits per heavy atom. The van der Waals surface area contributed by atoms with Crippen LogP contribution < -0.4 is 0 Å². The molecule has 0 aliphatic rings. The molecule has 0 saturated heterocycles. The zero-order chi connectivity index (χ0) is 9.52. The van der Waals surface area contributed by atoms with E-state index in [-0.39, 0.29) is 6.61 Å². The molecular weight excluding hydrogens is 180 g/mol. The zero-order valence-electron chi connectivity index (χ0n) is 7.73. The maximum Gasteiger partial charge on any atom is 0.0681 e. The van der Waals surface area contributed by atoms with Crippen LogP contribution in [0.5, 0.6) is 0 Å². The predicted octanol–water partition coefficient (Wildman–Crippen LogP) is 2.85. The second-order valence-electron chi connectivity index (χ2n) is 2.68. The molecule has 1 rings (SSSR count). The van der Waals surface area contributed by atoms with Gasteiger partial charge >= 0.3 is 0 Å². The van der Waals surface area contributed by atoms with Crippen LogP contribution in [0.2, 0.25) is 0 Å². The summed E-state index contributed by atoms with van der Waals surface area (Å²) in [5.74, 6) is 1.01. The molecule has 0 amide bonds. The number of thioether (sulfide) groups is 1. The van der Waals surface area contributed by atoms with E-state index in [1.807, 2.05) is 31.2 Å². The quantitative estimate of drug-likeness (QED) is 0.587. The van der Waals surface area contributed by atoms with Gasteiger partial charge in [0.2, 0.25) is 0 Å². The molecule has 0 aliphatic heterocycles. The van der Waals surface area contributed by atoms with E-state index < -0.39 is 0 Å². The van der Waals surface area contributed by atoms with Gasteiger partial charge in [-0.3, -0.25) is 0 Å². The molecule has 0 aromatic heterocycles. The summed E-state index contributed by atoms with van der Waals surface area (Å²) in [4.78, 5) is 1.25. The van der Waals surface area contributed by atoms with Crippen molar-refractivity contribution in [2.24, 2.45) is 0 Å². The Bertz CT molecular complexity index is 264. The molecule has 2 heteroatoms. The number of benzene rings is 1. The van der Waals surface area contributed by atoms with E-state index >= 15 is 0 Å². The highest BCUT2D eigenvalue weighted by atomic mass is 32.2. The minimum absolute atomic E-state index is 0.125. The van der Waals surface area contributed by atoms with Crippen LogP contribution in [0, 0.1) is 0 Å². The molecule has 0 saturated carbocycles. The fraction of sp³-hybridized carbons (Fsp3) is 0.273. The van der Waals surface area contributed by atoms with Crippen molar-refractivity contribution < 1.29 is 5.11 Å². The highest BCUT2D eigenvalue weighted by Gasteiger charge is 1.92. The van der Waals surface area contributed by atoms with E-state index in [1.54, 1.807) is 11.8 Å². The lowest BCUT2D eigenvalue weighted by molar-refractivity contribution is 0.282. The predicted molar refractivity (Wildman–Crippen MR) is 57.9 cm³/mol. The fourth-order valence-electron chi connectivity index (χ4n) is 0.932. The standard InChI is InChI=1S/C11H14OS/c1-2-3-8-13-11-6-4-10(9-12)5-7-11/h2-7,12H,8-9H2,1H3/b3-2+. The normalized spacial score (nSPS) is 10.9. The summed E-state index contributed by atoms with van der Waals surface area (Å²) in [7, 11) is 0. The average Bonchev–Trinajstić information content (AvgIpc) is 2.19. The Labute approximate surface area is 83.5 Å². The zero-order valence-corrected chi connectivity index (χ0v) is 8.55. The van der Waals surface area contributed by atoms with Crippen LogP contribution in [0.4, 0.5) is 0 Å². The molecule has 70 valence electrons. The van der Waals surface area contributed by atoms with E-state index in [0.717, 1.165) is 11.3 Å². The van der Waals surface area contributed by atoms with E-state index in [2.05, 4.69) is 12.2 Å². The summed E-state index contributed by atoms with van der Waals surface area (Å²) >= 11 is 1.80. The topological polar surface area (TPSA) is 20.2 Å². The molecule has 1 N–H and O–H groups in total. The van der Waals surface area contributed by atoms with Crippen molar-refractivity contribution in [3.8, 4) is 0 Å². The molecule has 0 atom stereocenters. The number of hydrogen-bond donors (Lipinski definition) is 1. The van der Waals surface area contributed by atoms with Gasteiger partial charge < -0.3 is 5.11 Å². The SMILES string of the molecule is C/C=C/CSc1ccc(CO)cc1. The van der Waals surface area contributed by atoms with Crippen molar-refractivity contribution >= 4 is 11.8 Å². The minimum Gasteiger partial charge on any atom is -0.392 e. The van der Waals surface area contributed by atoms with Gasteiger partial charge in [-0.15, -0.1) is 11.8 Å². The van der Waals surface area contributed by atoms with Crippen molar-refractivity contribution in [2.45, 2.75) is 18.4 Å². The van der Waals surface area contributed by atoms with Crippen LogP contribution in [0.3, 0.4) is 0 Å². The lowest BCUT2D eigenvalue weighted by Gasteiger charge is -1.99. The monoisotopic (exact) mass is 194 g/mol. The summed E-state index contributed by atoms with van der Waals surface area (Å²) in [5, 5.41) is 8.82. The smallest absolute Gasteiger partial charge is 0.0681 e. The van der Waals surface area contributed by atoms with Crippen molar-refractivity contribution in [1.82, 2.24) is 0 Å². The Hall–Kier alpha value is -0.730. The Balaban J connectivity index is 2.49. The number of aliphatic hydroxyl groups excluding tert-OH is 1. The van der Waals surface area contributed by atoms with Gasteiger partial charge in [0.25, 0.3) is 0 Å². The van der Waals surface area contributed by atoms with Crippen molar-refractivity contribution in [2.75, 3.05) is 5.75 Å². The summed E-state index contributed by atoms with van der Waals surface area (Å²) < 4.78 is 0. The lowest BCUT2D eigenvalue weighted by atomic mass is 10.2. The van der Waals surface area contributed by atoms with Gasteiger partial charge in [0.05, 0.1) is 6.61 Å². The number of hydrogen-bond acceptors (Lipinski definition) is 2. The molecular formula is C11H14OS. The third kappa shape index (κ3) is 3.66. The number of allylic oxidation sites excluding steroid dienone is 1. The largest absolute Gasteiger partial charge is 0.392 e.